The van der Waals surface area contributed by atoms with Crippen molar-refractivity contribution < 1.29 is 9.53 Å². The Morgan fingerprint density at radius 3 is 2.76 bits per heavy atom. The highest BCUT2D eigenvalue weighted by Crippen LogP contribution is 2.26. The summed E-state index contributed by atoms with van der Waals surface area (Å²) in [7, 11) is 0. The number of amides is 1. The van der Waals surface area contributed by atoms with Gasteiger partial charge in [0.25, 0.3) is 5.91 Å². The van der Waals surface area contributed by atoms with Gasteiger partial charge in [0.15, 0.2) is 0 Å². The van der Waals surface area contributed by atoms with Gasteiger partial charge in [-0.15, -0.1) is 0 Å². The van der Waals surface area contributed by atoms with E-state index in [-0.39, 0.29) is 11.9 Å². The lowest BCUT2D eigenvalue weighted by atomic mass is 10.1. The maximum Gasteiger partial charge on any atom is 0.257 e. The summed E-state index contributed by atoms with van der Waals surface area (Å²) in [4.78, 5) is 22.7. The van der Waals surface area contributed by atoms with Gasteiger partial charge in [-0.3, -0.25) is 9.89 Å². The maximum atomic E-state index is 12.7. The van der Waals surface area contributed by atoms with Crippen LogP contribution in [0.25, 0.3) is 0 Å². The number of morpholine rings is 1. The molecule has 0 unspecified atom stereocenters. The summed E-state index contributed by atoms with van der Waals surface area (Å²) < 4.78 is 5.52. The molecular formula is C14H17N5O2. The number of rotatable bonds is 2. The first-order valence-corrected chi connectivity index (χ1v) is 6.84. The van der Waals surface area contributed by atoms with Crippen LogP contribution in [0.5, 0.6) is 0 Å². The minimum absolute atomic E-state index is 0.0858. The van der Waals surface area contributed by atoms with Crippen molar-refractivity contribution in [3.05, 3.63) is 41.2 Å². The molecule has 1 saturated heterocycles. The highest BCUT2D eigenvalue weighted by molar-refractivity contribution is 5.94. The molecule has 0 aliphatic carbocycles. The summed E-state index contributed by atoms with van der Waals surface area (Å²) in [6, 6.07) is -0.157. The van der Waals surface area contributed by atoms with Crippen molar-refractivity contribution in [3.63, 3.8) is 0 Å². The van der Waals surface area contributed by atoms with Crippen LogP contribution in [0.15, 0.2) is 18.6 Å². The van der Waals surface area contributed by atoms with Crippen LogP contribution >= 0.6 is 0 Å². The Morgan fingerprint density at radius 1 is 1.33 bits per heavy atom. The first-order chi connectivity index (χ1) is 10.2. The smallest absolute Gasteiger partial charge is 0.257 e. The van der Waals surface area contributed by atoms with Crippen molar-refractivity contribution in [1.29, 1.82) is 0 Å². The lowest BCUT2D eigenvalue weighted by molar-refractivity contribution is -0.00412. The molecule has 21 heavy (non-hydrogen) atoms. The molecule has 3 rings (SSSR count). The molecule has 0 aromatic carbocycles. The number of carbonyl (C=O) groups is 1. The molecule has 1 aliphatic heterocycles. The average molecular weight is 287 g/mol. The summed E-state index contributed by atoms with van der Waals surface area (Å²) >= 11 is 0. The van der Waals surface area contributed by atoms with Crippen LogP contribution < -0.4 is 0 Å². The molecule has 7 nitrogen and oxygen atoms in total. The molecule has 1 fully saturated rings. The fourth-order valence-corrected chi connectivity index (χ4v) is 2.45. The number of hydrogen-bond acceptors (Lipinski definition) is 5. The van der Waals surface area contributed by atoms with Crippen LogP contribution in [0.1, 0.15) is 33.5 Å². The van der Waals surface area contributed by atoms with Gasteiger partial charge in [0, 0.05) is 18.9 Å². The van der Waals surface area contributed by atoms with E-state index in [0.717, 1.165) is 11.3 Å². The molecule has 1 atom stereocenters. The lowest BCUT2D eigenvalue weighted by Gasteiger charge is -2.35. The van der Waals surface area contributed by atoms with E-state index in [4.69, 9.17) is 4.74 Å². The Balaban J connectivity index is 1.89. The Kier molecular flexibility index (Phi) is 3.66. The van der Waals surface area contributed by atoms with Crippen LogP contribution in [0, 0.1) is 13.8 Å². The van der Waals surface area contributed by atoms with Crippen molar-refractivity contribution in [2.24, 2.45) is 0 Å². The van der Waals surface area contributed by atoms with Crippen molar-refractivity contribution in [2.45, 2.75) is 19.9 Å². The molecule has 0 bridgehead atoms. The van der Waals surface area contributed by atoms with Gasteiger partial charge < -0.3 is 9.64 Å². The fourth-order valence-electron chi connectivity index (χ4n) is 2.45. The first kappa shape index (κ1) is 13.7. The Hall–Kier alpha value is -2.28. The van der Waals surface area contributed by atoms with Gasteiger partial charge >= 0.3 is 0 Å². The Morgan fingerprint density at radius 2 is 2.10 bits per heavy atom. The molecule has 7 heteroatoms. The maximum absolute atomic E-state index is 12.7. The molecule has 0 radical (unpaired) electrons. The van der Waals surface area contributed by atoms with E-state index in [1.54, 1.807) is 30.4 Å². The van der Waals surface area contributed by atoms with Gasteiger partial charge in [-0.25, -0.2) is 9.97 Å². The predicted molar refractivity (Wildman–Crippen MR) is 74.7 cm³/mol. The van der Waals surface area contributed by atoms with E-state index in [0.29, 0.717) is 31.1 Å². The van der Waals surface area contributed by atoms with Crippen molar-refractivity contribution in [3.8, 4) is 0 Å². The van der Waals surface area contributed by atoms with E-state index in [1.807, 2.05) is 6.92 Å². The molecule has 2 aromatic heterocycles. The molecule has 110 valence electrons. The normalized spacial score (nSPS) is 18.8. The number of carbonyl (C=O) groups excluding carboxylic acids is 1. The van der Waals surface area contributed by atoms with E-state index in [2.05, 4.69) is 20.2 Å². The quantitative estimate of drug-likeness (QED) is 0.892. The molecule has 0 saturated carbocycles. The van der Waals surface area contributed by atoms with Gasteiger partial charge in [-0.2, -0.15) is 5.10 Å². The third-order valence-corrected chi connectivity index (χ3v) is 3.62. The SMILES string of the molecule is Cc1ncc(C(=O)N2CCOC[C@@H]2c2[nH]ncc2C)cn1. The average Bonchev–Trinajstić information content (AvgIpc) is 2.93. The van der Waals surface area contributed by atoms with E-state index < -0.39 is 0 Å². The third-order valence-electron chi connectivity index (χ3n) is 3.62. The van der Waals surface area contributed by atoms with Crippen molar-refractivity contribution in [1.82, 2.24) is 25.1 Å². The van der Waals surface area contributed by atoms with Gasteiger partial charge in [-0.05, 0) is 19.4 Å². The molecule has 3 heterocycles. The van der Waals surface area contributed by atoms with Crippen LogP contribution in [-0.2, 0) is 4.74 Å². The molecule has 1 aliphatic rings. The number of aromatic nitrogens is 4. The van der Waals surface area contributed by atoms with Gasteiger partial charge in [0.1, 0.15) is 5.82 Å². The molecule has 1 amide bonds. The Bertz CT molecular complexity index is 637. The minimum Gasteiger partial charge on any atom is -0.377 e. The summed E-state index contributed by atoms with van der Waals surface area (Å²) in [5, 5.41) is 7.00. The number of nitrogens with zero attached hydrogens (tertiary/aromatic N) is 4. The van der Waals surface area contributed by atoms with Crippen LogP contribution in [-0.4, -0.2) is 50.7 Å². The van der Waals surface area contributed by atoms with E-state index >= 15 is 0 Å². The fraction of sp³-hybridized carbons (Fsp3) is 0.429. The highest BCUT2D eigenvalue weighted by atomic mass is 16.5. The second kappa shape index (κ2) is 5.61. The second-order valence-corrected chi connectivity index (χ2v) is 5.07. The predicted octanol–water partition coefficient (Wildman–Crippen LogP) is 1.03. The highest BCUT2D eigenvalue weighted by Gasteiger charge is 2.31. The van der Waals surface area contributed by atoms with Gasteiger partial charge in [0.05, 0.1) is 36.7 Å². The van der Waals surface area contributed by atoms with Crippen LogP contribution in [0.4, 0.5) is 0 Å². The molecule has 0 spiro atoms. The van der Waals surface area contributed by atoms with Gasteiger partial charge in [-0.1, -0.05) is 0 Å². The first-order valence-electron chi connectivity index (χ1n) is 6.84. The van der Waals surface area contributed by atoms with Gasteiger partial charge in [0.2, 0.25) is 0 Å². The lowest BCUT2D eigenvalue weighted by Crippen LogP contribution is -2.43. The van der Waals surface area contributed by atoms with E-state index in [9.17, 15) is 4.79 Å². The van der Waals surface area contributed by atoms with Crippen LogP contribution in [0.2, 0.25) is 0 Å². The van der Waals surface area contributed by atoms with E-state index in [1.165, 1.54) is 0 Å². The number of ether oxygens (including phenoxy) is 1. The zero-order valence-electron chi connectivity index (χ0n) is 12.0. The monoisotopic (exact) mass is 287 g/mol. The number of nitrogens with one attached hydrogen (secondary N) is 1. The third kappa shape index (κ3) is 2.64. The summed E-state index contributed by atoms with van der Waals surface area (Å²) in [6.07, 6.45) is 4.88. The number of aromatic amines is 1. The zero-order valence-corrected chi connectivity index (χ0v) is 12.0. The largest absolute Gasteiger partial charge is 0.377 e. The standard InChI is InChI=1S/C14H17N5O2/c1-9-5-17-18-13(9)12-8-21-4-3-19(12)14(20)11-6-15-10(2)16-7-11/h5-7,12H,3-4,8H2,1-2H3,(H,17,18)/t12-/m1/s1. The van der Waals surface area contributed by atoms with Crippen molar-refractivity contribution in [2.75, 3.05) is 19.8 Å². The molecule has 2 aromatic rings. The number of hydrogen-bond donors (Lipinski definition) is 1. The Labute approximate surface area is 122 Å². The minimum atomic E-state index is -0.157. The molecular weight excluding hydrogens is 270 g/mol. The topological polar surface area (TPSA) is 84.0 Å². The van der Waals surface area contributed by atoms with Crippen molar-refractivity contribution >= 4 is 5.91 Å². The molecule has 1 N–H and O–H groups in total. The zero-order chi connectivity index (χ0) is 14.8. The summed E-state index contributed by atoms with van der Waals surface area (Å²) in [5.74, 6) is 0.562. The number of aryl methyl sites for hydroxylation is 2. The number of H-pyrrole nitrogens is 1. The summed E-state index contributed by atoms with van der Waals surface area (Å²) in [6.45, 7) is 5.28. The summed E-state index contributed by atoms with van der Waals surface area (Å²) in [5.41, 5.74) is 2.42. The van der Waals surface area contributed by atoms with Crippen LogP contribution in [0.3, 0.4) is 0 Å². The second-order valence-electron chi connectivity index (χ2n) is 5.07.